The summed E-state index contributed by atoms with van der Waals surface area (Å²) in [6.45, 7) is 0. The van der Waals surface area contributed by atoms with Crippen LogP contribution in [0.3, 0.4) is 0 Å². The van der Waals surface area contributed by atoms with Gasteiger partial charge >= 0.3 is 0 Å². The first-order valence-electron chi connectivity index (χ1n) is 6.11. The quantitative estimate of drug-likeness (QED) is 0.539. The van der Waals surface area contributed by atoms with E-state index in [2.05, 4.69) is 60.1 Å². The summed E-state index contributed by atoms with van der Waals surface area (Å²) in [6.07, 6.45) is 0. The number of benzene rings is 2. The molecule has 0 spiro atoms. The molecule has 2 aromatic carbocycles. The summed E-state index contributed by atoms with van der Waals surface area (Å²) in [5.41, 5.74) is 3.51. The highest BCUT2D eigenvalue weighted by Gasteiger charge is 2.21. The van der Waals surface area contributed by atoms with E-state index < -0.39 is 0 Å². The highest BCUT2D eigenvalue weighted by molar-refractivity contribution is 7.42. The number of hydrogen-bond donors (Lipinski definition) is 0. The van der Waals surface area contributed by atoms with Crippen LogP contribution in [0.5, 0.6) is 0 Å². The minimum absolute atomic E-state index is 0.583. The zero-order valence-electron chi connectivity index (χ0n) is 9.80. The molecule has 1 aliphatic rings. The van der Waals surface area contributed by atoms with E-state index in [9.17, 15) is 0 Å². The van der Waals surface area contributed by atoms with Crippen LogP contribution in [-0.2, 0) is 0 Å². The molecule has 2 atom stereocenters. The lowest BCUT2D eigenvalue weighted by Crippen LogP contribution is -1.90. The van der Waals surface area contributed by atoms with Gasteiger partial charge in [0, 0.05) is 0 Å². The molecule has 0 fully saturated rings. The number of rotatable bonds is 1. The molecule has 0 saturated carbocycles. The third kappa shape index (κ3) is 1.50. The Bertz CT molecular complexity index is 752. The molecular weight excluding hydrogens is 254 g/mol. The molecule has 2 unspecified atom stereocenters. The molecule has 0 amide bonds. The monoisotopic (exact) mass is 266 g/mol. The lowest BCUT2D eigenvalue weighted by molar-refractivity contribution is 1.22. The fraction of sp³-hybridized carbons (Fsp3) is 0.0625. The third-order valence-corrected chi connectivity index (χ3v) is 6.39. The zero-order chi connectivity index (χ0) is 11.9. The molecule has 2 heteroatoms. The molecule has 0 N–H and O–H groups in total. The predicted molar refractivity (Wildman–Crippen MR) is 83.8 cm³/mol. The number of hydrogen-bond acceptors (Lipinski definition) is 0. The summed E-state index contributed by atoms with van der Waals surface area (Å²) in [6, 6.07) is 17.6. The maximum atomic E-state index is 2.39. The van der Waals surface area contributed by atoms with Gasteiger partial charge in [-0.05, 0) is 38.8 Å². The van der Waals surface area contributed by atoms with Gasteiger partial charge in [0.15, 0.2) is 0 Å². The van der Waals surface area contributed by atoms with Crippen molar-refractivity contribution < 1.29 is 0 Å². The molecule has 1 aromatic heterocycles. The third-order valence-electron chi connectivity index (χ3n) is 3.56. The van der Waals surface area contributed by atoms with E-state index in [4.69, 9.17) is 0 Å². The van der Waals surface area contributed by atoms with Crippen LogP contribution in [0, 0.1) is 0 Å². The summed E-state index contributed by atoms with van der Waals surface area (Å²) in [5.74, 6) is 4.75. The second-order valence-electron chi connectivity index (χ2n) is 4.60. The first kappa shape index (κ1) is 10.6. The molecule has 18 heavy (non-hydrogen) atoms. The Morgan fingerprint density at radius 3 is 2.78 bits per heavy atom. The van der Waals surface area contributed by atoms with Gasteiger partial charge in [-0.15, -0.1) is 8.19 Å². The van der Waals surface area contributed by atoms with Gasteiger partial charge in [-0.25, -0.2) is 0 Å². The lowest BCUT2D eigenvalue weighted by Gasteiger charge is -2.09. The van der Waals surface area contributed by atoms with Gasteiger partial charge in [0.05, 0.1) is 5.66 Å². The minimum atomic E-state index is 0.583. The van der Waals surface area contributed by atoms with Gasteiger partial charge in [-0.3, -0.25) is 0 Å². The average Bonchev–Trinajstić information content (AvgIpc) is 3.01. The Balaban J connectivity index is 1.93. The fourth-order valence-corrected chi connectivity index (χ4v) is 5.61. The summed E-state index contributed by atoms with van der Waals surface area (Å²) in [7, 11) is 2.28. The van der Waals surface area contributed by atoms with Crippen molar-refractivity contribution in [1.29, 1.82) is 0 Å². The Labute approximate surface area is 110 Å². The van der Waals surface area contributed by atoms with Crippen LogP contribution in [0.4, 0.5) is 0 Å². The van der Waals surface area contributed by atoms with E-state index >= 15 is 0 Å². The average molecular weight is 266 g/mol. The van der Waals surface area contributed by atoms with Crippen molar-refractivity contribution in [3.05, 3.63) is 70.8 Å². The summed E-state index contributed by atoms with van der Waals surface area (Å²) in [4.78, 5) is 0. The molecular formula is C16H12P2. The second-order valence-corrected chi connectivity index (χ2v) is 6.79. The van der Waals surface area contributed by atoms with Crippen LogP contribution in [0.25, 0.3) is 10.8 Å². The largest absolute Gasteiger partial charge is 0.134 e. The topological polar surface area (TPSA) is 0 Å². The predicted octanol–water partition coefficient (Wildman–Crippen LogP) is 5.07. The number of fused-ring (bicyclic) bond motifs is 2. The first-order chi connectivity index (χ1) is 8.93. The van der Waals surface area contributed by atoms with E-state index in [1.807, 2.05) is 0 Å². The molecule has 0 aliphatic carbocycles. The van der Waals surface area contributed by atoms with Crippen molar-refractivity contribution in [3.8, 4) is 0 Å². The molecule has 0 radical (unpaired) electrons. The standard InChI is InChI=1S/C16H12P2/c1-3-7-13-11(5-1)9-17-15(13)16-14-8-4-2-6-12(14)10-18-16/h1-10,15,18H. The summed E-state index contributed by atoms with van der Waals surface area (Å²) in [5, 5.41) is 4.51. The van der Waals surface area contributed by atoms with E-state index in [1.165, 1.54) is 30.1 Å². The van der Waals surface area contributed by atoms with Gasteiger partial charge in [0.1, 0.15) is 0 Å². The van der Waals surface area contributed by atoms with Gasteiger partial charge in [0.2, 0.25) is 0 Å². The molecule has 2 heterocycles. The molecule has 0 nitrogen and oxygen atoms in total. The van der Waals surface area contributed by atoms with Crippen LogP contribution in [0.2, 0.25) is 0 Å². The highest BCUT2D eigenvalue weighted by atomic mass is 31.1. The van der Waals surface area contributed by atoms with Crippen molar-refractivity contribution in [2.24, 2.45) is 0 Å². The molecule has 4 rings (SSSR count). The maximum Gasteiger partial charge on any atom is 0.0555 e. The van der Waals surface area contributed by atoms with Crippen LogP contribution < -0.4 is 0 Å². The SMILES string of the molecule is C1=PC(c2[pH]cc3ccccc23)c2ccccc21. The molecule has 0 bridgehead atoms. The van der Waals surface area contributed by atoms with Gasteiger partial charge in [-0.2, -0.15) is 0 Å². The van der Waals surface area contributed by atoms with Crippen LogP contribution in [-0.4, -0.2) is 5.80 Å². The van der Waals surface area contributed by atoms with Crippen molar-refractivity contribution in [1.82, 2.24) is 0 Å². The fourth-order valence-electron chi connectivity index (χ4n) is 2.67. The van der Waals surface area contributed by atoms with Crippen molar-refractivity contribution >= 4 is 33.0 Å². The molecule has 86 valence electrons. The summed E-state index contributed by atoms with van der Waals surface area (Å²) >= 11 is 0. The van der Waals surface area contributed by atoms with E-state index in [0.29, 0.717) is 5.66 Å². The van der Waals surface area contributed by atoms with Crippen LogP contribution >= 0.6 is 16.4 Å². The molecule has 1 aliphatic heterocycles. The van der Waals surface area contributed by atoms with Crippen molar-refractivity contribution in [2.75, 3.05) is 0 Å². The van der Waals surface area contributed by atoms with Crippen LogP contribution in [0.15, 0.2) is 54.3 Å². The van der Waals surface area contributed by atoms with Gasteiger partial charge < -0.3 is 0 Å². The Hall–Kier alpha value is -1.35. The first-order valence-corrected chi connectivity index (χ1v) is 8.22. The van der Waals surface area contributed by atoms with E-state index in [1.54, 1.807) is 5.30 Å². The molecule has 0 saturated heterocycles. The van der Waals surface area contributed by atoms with Crippen LogP contribution in [0.1, 0.15) is 22.1 Å². The smallest absolute Gasteiger partial charge is 0.0555 e. The van der Waals surface area contributed by atoms with Gasteiger partial charge in [-0.1, -0.05) is 56.7 Å². The summed E-state index contributed by atoms with van der Waals surface area (Å²) < 4.78 is 0. The van der Waals surface area contributed by atoms with E-state index in [0.717, 1.165) is 8.19 Å². The minimum Gasteiger partial charge on any atom is -0.134 e. The lowest BCUT2D eigenvalue weighted by atomic mass is 10.0. The second kappa shape index (κ2) is 4.09. The van der Waals surface area contributed by atoms with Gasteiger partial charge in [0.25, 0.3) is 0 Å². The van der Waals surface area contributed by atoms with Crippen molar-refractivity contribution in [3.63, 3.8) is 0 Å². The Morgan fingerprint density at radius 2 is 1.78 bits per heavy atom. The normalized spacial score (nSPS) is 18.6. The Kier molecular flexibility index (Phi) is 2.40. The highest BCUT2D eigenvalue weighted by Crippen LogP contribution is 2.48. The molecule has 3 aromatic rings. The Morgan fingerprint density at radius 1 is 0.944 bits per heavy atom. The maximum absolute atomic E-state index is 2.39. The van der Waals surface area contributed by atoms with Crippen molar-refractivity contribution in [2.45, 2.75) is 5.66 Å². The van der Waals surface area contributed by atoms with E-state index in [-0.39, 0.29) is 0 Å². The zero-order valence-corrected chi connectivity index (χ0v) is 11.7.